The molecule has 0 amide bonds. The fraction of sp³-hybridized carbons (Fsp3) is 0.357. The van der Waals surface area contributed by atoms with E-state index in [9.17, 15) is 0 Å². The molecule has 1 aromatic carbocycles. The molecule has 2 heteroatoms. The predicted molar refractivity (Wildman–Crippen MR) is 66.0 cm³/mol. The molecule has 1 aliphatic heterocycles. The molecule has 0 atom stereocenters. The molecule has 0 spiro atoms. The summed E-state index contributed by atoms with van der Waals surface area (Å²) in [6.45, 7) is 7.96. The maximum Gasteiger partial charge on any atom is 0.0438 e. The third-order valence-corrected chi connectivity index (χ3v) is 3.13. The molecule has 1 aliphatic rings. The van der Waals surface area contributed by atoms with E-state index in [1.807, 2.05) is 0 Å². The third-order valence-electron chi connectivity index (χ3n) is 3.13. The zero-order valence-electron chi connectivity index (χ0n) is 9.83. The summed E-state index contributed by atoms with van der Waals surface area (Å²) in [6, 6.07) is 6.74. The number of aryl methyl sites for hydroxylation is 2. The molecule has 0 N–H and O–H groups in total. The molecule has 0 saturated carbocycles. The minimum Gasteiger partial charge on any atom is -0.349 e. The Morgan fingerprint density at radius 3 is 2.81 bits per heavy atom. The van der Waals surface area contributed by atoms with Crippen LogP contribution in [0, 0.1) is 6.92 Å². The van der Waals surface area contributed by atoms with E-state index in [1.165, 1.54) is 22.5 Å². The predicted octanol–water partition coefficient (Wildman–Crippen LogP) is 3.35. The van der Waals surface area contributed by atoms with E-state index in [2.05, 4.69) is 43.6 Å². The first kappa shape index (κ1) is 13.5. The molecule has 0 radical (unpaired) electrons. The summed E-state index contributed by atoms with van der Waals surface area (Å²) in [4.78, 5) is 2.20. The van der Waals surface area contributed by atoms with E-state index in [1.54, 1.807) is 0 Å². The molecule has 0 aliphatic carbocycles. The number of nitrogens with zero attached hydrogens (tertiary/aromatic N) is 1. The van der Waals surface area contributed by atoms with Crippen molar-refractivity contribution in [3.05, 3.63) is 48.5 Å². The molecule has 1 heterocycles. The largest absolute Gasteiger partial charge is 0.349 e. The number of benzene rings is 1. The van der Waals surface area contributed by atoms with Crippen LogP contribution < -0.4 is 4.90 Å². The van der Waals surface area contributed by atoms with Gasteiger partial charge in [-0.3, -0.25) is 0 Å². The topological polar surface area (TPSA) is 3.24 Å². The summed E-state index contributed by atoms with van der Waals surface area (Å²) in [7, 11) is 2.10. The van der Waals surface area contributed by atoms with Crippen molar-refractivity contribution in [1.29, 1.82) is 0 Å². The molecule has 0 unspecified atom stereocenters. The first-order valence-electron chi connectivity index (χ1n) is 5.55. The second kappa shape index (κ2) is 5.68. The molecule has 0 fully saturated rings. The Labute approximate surface area is 113 Å². The summed E-state index contributed by atoms with van der Waals surface area (Å²) in [5, 5.41) is 0. The van der Waals surface area contributed by atoms with Crippen molar-refractivity contribution in [3.8, 4) is 0 Å². The number of fused-ring (bicyclic) bond motifs is 1. The van der Waals surface area contributed by atoms with Crippen LogP contribution in [0.15, 0.2) is 30.5 Å². The Balaban J connectivity index is 0.00000128. The second-order valence-corrected chi connectivity index (χ2v) is 4.19. The normalized spacial score (nSPS) is 14.4. The van der Waals surface area contributed by atoms with Gasteiger partial charge >= 0.3 is 0 Å². The standard InChI is InChI=1S/C14H18N.W/c1-4-5-12-7-9-14-13(10-12)8-6-11(2)15(14)3;/h7,9-10H,1-2,4-6,8H2,3H3;/q-1;. The average molecular weight is 384 g/mol. The molecule has 0 saturated heterocycles. The zero-order chi connectivity index (χ0) is 10.8. The van der Waals surface area contributed by atoms with Crippen molar-refractivity contribution in [3.63, 3.8) is 0 Å². The Hall–Kier alpha value is -0.552. The van der Waals surface area contributed by atoms with Gasteiger partial charge in [0, 0.05) is 39.5 Å². The summed E-state index contributed by atoms with van der Waals surface area (Å²) in [6.07, 6.45) is 4.26. The summed E-state index contributed by atoms with van der Waals surface area (Å²) < 4.78 is 0. The minimum atomic E-state index is 0. The third kappa shape index (κ3) is 2.57. The van der Waals surface area contributed by atoms with Gasteiger partial charge in [-0.1, -0.05) is 30.7 Å². The van der Waals surface area contributed by atoms with Gasteiger partial charge in [0.25, 0.3) is 0 Å². The molecule has 0 aromatic heterocycles. The average Bonchev–Trinajstić information content (AvgIpc) is 2.24. The zero-order valence-corrected chi connectivity index (χ0v) is 12.8. The SMILES string of the molecule is C=C1CCc2cc(CC[CH2-])ccc2N1C.[W]. The van der Waals surface area contributed by atoms with Crippen LogP contribution in [0.5, 0.6) is 0 Å². The number of hydrogen-bond donors (Lipinski definition) is 0. The Morgan fingerprint density at radius 1 is 1.38 bits per heavy atom. The van der Waals surface area contributed by atoms with Crippen molar-refractivity contribution in [2.75, 3.05) is 11.9 Å². The molecule has 2 rings (SSSR count). The number of allylic oxidation sites excluding steroid dienone is 1. The van der Waals surface area contributed by atoms with Crippen LogP contribution >= 0.6 is 0 Å². The van der Waals surface area contributed by atoms with Gasteiger partial charge in [-0.05, 0) is 24.5 Å². The molecule has 86 valence electrons. The van der Waals surface area contributed by atoms with Gasteiger partial charge in [0.1, 0.15) is 0 Å². The van der Waals surface area contributed by atoms with Crippen molar-refractivity contribution >= 4 is 5.69 Å². The fourth-order valence-corrected chi connectivity index (χ4v) is 2.14. The first-order valence-corrected chi connectivity index (χ1v) is 5.55. The molecule has 0 bridgehead atoms. The van der Waals surface area contributed by atoms with E-state index >= 15 is 0 Å². The Bertz CT molecular complexity index is 384. The quantitative estimate of drug-likeness (QED) is 0.708. The number of hydrogen-bond acceptors (Lipinski definition) is 1. The monoisotopic (exact) mass is 384 g/mol. The van der Waals surface area contributed by atoms with Gasteiger partial charge < -0.3 is 11.8 Å². The van der Waals surface area contributed by atoms with Crippen LogP contribution in [-0.2, 0) is 33.9 Å². The maximum atomic E-state index is 4.07. The van der Waals surface area contributed by atoms with E-state index in [0.29, 0.717) is 0 Å². The molecule has 1 nitrogen and oxygen atoms in total. The van der Waals surface area contributed by atoms with Crippen molar-refractivity contribution in [2.45, 2.75) is 25.7 Å². The van der Waals surface area contributed by atoms with Gasteiger partial charge in [-0.25, -0.2) is 0 Å². The van der Waals surface area contributed by atoms with E-state index < -0.39 is 0 Å². The summed E-state index contributed by atoms with van der Waals surface area (Å²) >= 11 is 0. The van der Waals surface area contributed by atoms with Crippen molar-refractivity contribution in [1.82, 2.24) is 0 Å². The van der Waals surface area contributed by atoms with Gasteiger partial charge in [0.2, 0.25) is 0 Å². The Morgan fingerprint density at radius 2 is 2.12 bits per heavy atom. The molecular formula is C14H18NW-. The maximum absolute atomic E-state index is 4.07. The van der Waals surface area contributed by atoms with Crippen molar-refractivity contribution < 1.29 is 21.1 Å². The van der Waals surface area contributed by atoms with Gasteiger partial charge in [-0.2, -0.15) is 6.42 Å². The van der Waals surface area contributed by atoms with E-state index in [0.717, 1.165) is 25.7 Å². The van der Waals surface area contributed by atoms with Gasteiger partial charge in [0.05, 0.1) is 0 Å². The fourth-order valence-electron chi connectivity index (χ4n) is 2.14. The first-order chi connectivity index (χ1) is 7.22. The molecule has 1 aromatic rings. The smallest absolute Gasteiger partial charge is 0.0438 e. The Kier molecular flexibility index (Phi) is 4.80. The number of rotatable bonds is 2. The van der Waals surface area contributed by atoms with Crippen LogP contribution in [0.4, 0.5) is 5.69 Å². The molecular weight excluding hydrogens is 366 g/mol. The van der Waals surface area contributed by atoms with Crippen molar-refractivity contribution in [2.24, 2.45) is 0 Å². The van der Waals surface area contributed by atoms with E-state index in [-0.39, 0.29) is 21.1 Å². The molecule has 16 heavy (non-hydrogen) atoms. The summed E-state index contributed by atoms with van der Waals surface area (Å²) in [5.74, 6) is 0. The van der Waals surface area contributed by atoms with Crippen LogP contribution in [0.3, 0.4) is 0 Å². The second-order valence-electron chi connectivity index (χ2n) is 4.19. The van der Waals surface area contributed by atoms with Crippen LogP contribution in [0.2, 0.25) is 0 Å². The minimum absolute atomic E-state index is 0. The van der Waals surface area contributed by atoms with Crippen LogP contribution in [-0.4, -0.2) is 7.05 Å². The van der Waals surface area contributed by atoms with Gasteiger partial charge in [0.15, 0.2) is 0 Å². The van der Waals surface area contributed by atoms with E-state index in [4.69, 9.17) is 0 Å². The number of anilines is 1. The van der Waals surface area contributed by atoms with Crippen LogP contribution in [0.1, 0.15) is 24.0 Å². The summed E-state index contributed by atoms with van der Waals surface area (Å²) in [5.41, 5.74) is 5.40. The van der Waals surface area contributed by atoms with Crippen LogP contribution in [0.25, 0.3) is 0 Å². The van der Waals surface area contributed by atoms with Gasteiger partial charge in [-0.15, -0.1) is 0 Å².